The average molecular weight is 385 g/mol. The van der Waals surface area contributed by atoms with E-state index in [1.807, 2.05) is 6.92 Å². The van der Waals surface area contributed by atoms with Crippen LogP contribution in [0.2, 0.25) is 0 Å². The molecule has 9 nitrogen and oxygen atoms in total. The molecule has 0 saturated heterocycles. The SMILES string of the molecule is CCNC(=O)c1cc2c(C=NOc3ccc4c(c3)OCO4)nc(N)nc2s1. The van der Waals surface area contributed by atoms with Gasteiger partial charge in [0.05, 0.1) is 16.8 Å². The monoisotopic (exact) mass is 385 g/mol. The Morgan fingerprint density at radius 3 is 3.07 bits per heavy atom. The van der Waals surface area contributed by atoms with Gasteiger partial charge in [-0.05, 0) is 25.1 Å². The van der Waals surface area contributed by atoms with E-state index in [9.17, 15) is 4.79 Å². The summed E-state index contributed by atoms with van der Waals surface area (Å²) < 4.78 is 10.5. The van der Waals surface area contributed by atoms with Gasteiger partial charge in [0.25, 0.3) is 5.91 Å². The average Bonchev–Trinajstić information content (AvgIpc) is 3.28. The van der Waals surface area contributed by atoms with Gasteiger partial charge in [0.1, 0.15) is 4.83 Å². The highest BCUT2D eigenvalue weighted by molar-refractivity contribution is 7.20. The fourth-order valence-corrected chi connectivity index (χ4v) is 3.45. The van der Waals surface area contributed by atoms with Crippen LogP contribution >= 0.6 is 11.3 Å². The first kappa shape index (κ1) is 17.0. The third-order valence-corrected chi connectivity index (χ3v) is 4.71. The standard InChI is InChI=1S/C17H15N5O4S/c1-2-19-15(23)14-6-10-11(21-17(18)22-16(10)27-14)7-20-26-9-3-4-12-13(5-9)25-8-24-12/h3-7H,2,8H2,1H3,(H,19,23)(H2,18,21,22). The lowest BCUT2D eigenvalue weighted by Crippen LogP contribution is -2.21. The topological polar surface area (TPSA) is 121 Å². The van der Waals surface area contributed by atoms with Gasteiger partial charge >= 0.3 is 0 Å². The lowest BCUT2D eigenvalue weighted by molar-refractivity contribution is 0.0960. The number of ether oxygens (including phenoxy) is 2. The van der Waals surface area contributed by atoms with Crippen molar-refractivity contribution in [1.29, 1.82) is 0 Å². The van der Waals surface area contributed by atoms with Gasteiger partial charge in [0.2, 0.25) is 12.7 Å². The molecule has 0 radical (unpaired) electrons. The van der Waals surface area contributed by atoms with Gasteiger partial charge in [-0.1, -0.05) is 5.16 Å². The van der Waals surface area contributed by atoms with Crippen molar-refractivity contribution in [1.82, 2.24) is 15.3 Å². The Kier molecular flexibility index (Phi) is 4.47. The smallest absolute Gasteiger partial charge is 0.261 e. The molecular formula is C17H15N5O4S. The molecule has 0 aliphatic carbocycles. The van der Waals surface area contributed by atoms with Crippen molar-refractivity contribution in [2.24, 2.45) is 5.16 Å². The number of benzene rings is 1. The van der Waals surface area contributed by atoms with E-state index in [1.54, 1.807) is 24.3 Å². The molecule has 0 saturated carbocycles. The predicted molar refractivity (Wildman–Crippen MR) is 101 cm³/mol. The number of rotatable bonds is 5. The van der Waals surface area contributed by atoms with Gasteiger partial charge in [0, 0.05) is 18.0 Å². The molecule has 0 spiro atoms. The number of fused-ring (bicyclic) bond motifs is 2. The van der Waals surface area contributed by atoms with Crippen LogP contribution in [0.15, 0.2) is 29.4 Å². The van der Waals surface area contributed by atoms with E-state index in [0.29, 0.717) is 44.6 Å². The Morgan fingerprint density at radius 2 is 2.22 bits per heavy atom. The number of hydrogen-bond donors (Lipinski definition) is 2. The molecule has 3 heterocycles. The molecule has 2 aromatic heterocycles. The molecule has 1 aliphatic heterocycles. The van der Waals surface area contributed by atoms with Gasteiger partial charge in [-0.2, -0.15) is 0 Å². The quantitative estimate of drug-likeness (QED) is 0.510. The molecule has 1 aliphatic rings. The van der Waals surface area contributed by atoms with E-state index in [1.165, 1.54) is 17.6 Å². The van der Waals surface area contributed by atoms with Crippen molar-refractivity contribution < 1.29 is 19.1 Å². The number of anilines is 1. The largest absolute Gasteiger partial charge is 0.454 e. The fourth-order valence-electron chi connectivity index (χ4n) is 2.49. The van der Waals surface area contributed by atoms with E-state index in [2.05, 4.69) is 20.4 Å². The summed E-state index contributed by atoms with van der Waals surface area (Å²) in [6, 6.07) is 6.85. The van der Waals surface area contributed by atoms with Crippen LogP contribution < -0.4 is 25.4 Å². The van der Waals surface area contributed by atoms with Crippen LogP contribution in [0.4, 0.5) is 5.95 Å². The Morgan fingerprint density at radius 1 is 1.37 bits per heavy atom. The van der Waals surface area contributed by atoms with Crippen molar-refractivity contribution in [3.8, 4) is 17.2 Å². The molecule has 0 atom stereocenters. The second-order valence-corrected chi connectivity index (χ2v) is 6.53. The van der Waals surface area contributed by atoms with Crippen LogP contribution in [0.1, 0.15) is 22.3 Å². The van der Waals surface area contributed by atoms with E-state index in [-0.39, 0.29) is 18.6 Å². The van der Waals surface area contributed by atoms with Crippen molar-refractivity contribution in [2.75, 3.05) is 19.1 Å². The van der Waals surface area contributed by atoms with Crippen molar-refractivity contribution in [3.63, 3.8) is 0 Å². The van der Waals surface area contributed by atoms with Crippen LogP contribution in [0.25, 0.3) is 10.2 Å². The number of nitrogens with one attached hydrogen (secondary N) is 1. The molecule has 27 heavy (non-hydrogen) atoms. The highest BCUT2D eigenvalue weighted by Crippen LogP contribution is 2.35. The number of nitrogens with zero attached hydrogens (tertiary/aromatic N) is 3. The summed E-state index contributed by atoms with van der Waals surface area (Å²) in [5, 5.41) is 7.38. The van der Waals surface area contributed by atoms with E-state index < -0.39 is 0 Å². The lowest BCUT2D eigenvalue weighted by atomic mass is 10.2. The highest BCUT2D eigenvalue weighted by atomic mass is 32.1. The number of aromatic nitrogens is 2. The van der Waals surface area contributed by atoms with Crippen molar-refractivity contribution in [2.45, 2.75) is 6.92 Å². The van der Waals surface area contributed by atoms with Gasteiger partial charge in [-0.3, -0.25) is 4.79 Å². The van der Waals surface area contributed by atoms with Crippen LogP contribution in [0.3, 0.4) is 0 Å². The summed E-state index contributed by atoms with van der Waals surface area (Å²) in [5.41, 5.74) is 6.23. The highest BCUT2D eigenvalue weighted by Gasteiger charge is 2.15. The molecule has 0 fully saturated rings. The van der Waals surface area contributed by atoms with Crippen molar-refractivity contribution >= 4 is 39.6 Å². The zero-order valence-corrected chi connectivity index (χ0v) is 15.1. The maximum absolute atomic E-state index is 12.0. The zero-order valence-electron chi connectivity index (χ0n) is 14.3. The summed E-state index contributed by atoms with van der Waals surface area (Å²) in [6.07, 6.45) is 1.43. The maximum atomic E-state index is 12.0. The molecule has 3 N–H and O–H groups in total. The molecule has 138 valence electrons. The van der Waals surface area contributed by atoms with E-state index in [0.717, 1.165) is 0 Å². The minimum atomic E-state index is -0.168. The number of carbonyl (C=O) groups is 1. The summed E-state index contributed by atoms with van der Waals surface area (Å²) in [6.45, 7) is 2.58. The van der Waals surface area contributed by atoms with Gasteiger partial charge in [-0.25, -0.2) is 9.97 Å². The zero-order chi connectivity index (χ0) is 18.8. The molecule has 3 aromatic rings. The summed E-state index contributed by atoms with van der Waals surface area (Å²) in [7, 11) is 0. The third kappa shape index (κ3) is 3.47. The first-order valence-electron chi connectivity index (χ1n) is 8.09. The minimum absolute atomic E-state index is 0.0938. The summed E-state index contributed by atoms with van der Waals surface area (Å²) in [5.74, 6) is 1.67. The summed E-state index contributed by atoms with van der Waals surface area (Å²) in [4.78, 5) is 26.9. The Bertz CT molecular complexity index is 1050. The third-order valence-electron chi connectivity index (χ3n) is 3.68. The maximum Gasteiger partial charge on any atom is 0.261 e. The lowest BCUT2D eigenvalue weighted by Gasteiger charge is -2.01. The predicted octanol–water partition coefficient (Wildman–Crippen LogP) is 2.16. The molecule has 0 unspecified atom stereocenters. The van der Waals surface area contributed by atoms with Gasteiger partial charge in [0.15, 0.2) is 17.2 Å². The Hall–Kier alpha value is -3.40. The minimum Gasteiger partial charge on any atom is -0.454 e. The first-order chi connectivity index (χ1) is 13.1. The van der Waals surface area contributed by atoms with Crippen LogP contribution in [0.5, 0.6) is 17.2 Å². The number of thiophene rings is 1. The first-order valence-corrected chi connectivity index (χ1v) is 8.91. The fraction of sp³-hybridized carbons (Fsp3) is 0.176. The van der Waals surface area contributed by atoms with E-state index >= 15 is 0 Å². The van der Waals surface area contributed by atoms with Crippen LogP contribution in [-0.4, -0.2) is 35.4 Å². The number of nitrogens with two attached hydrogens (primary N) is 1. The Balaban J connectivity index is 1.59. The molecular weight excluding hydrogens is 370 g/mol. The van der Waals surface area contributed by atoms with Crippen LogP contribution in [0, 0.1) is 0 Å². The normalized spacial score (nSPS) is 12.6. The Labute approximate surface area is 157 Å². The number of oxime groups is 1. The van der Waals surface area contributed by atoms with E-state index in [4.69, 9.17) is 20.0 Å². The van der Waals surface area contributed by atoms with Crippen LogP contribution in [-0.2, 0) is 0 Å². The van der Waals surface area contributed by atoms with Crippen molar-refractivity contribution in [3.05, 3.63) is 34.8 Å². The summed E-state index contributed by atoms with van der Waals surface area (Å²) >= 11 is 1.24. The second-order valence-electron chi connectivity index (χ2n) is 5.50. The second kappa shape index (κ2) is 7.08. The number of amides is 1. The molecule has 4 rings (SSSR count). The number of carbonyl (C=O) groups excluding carboxylic acids is 1. The van der Waals surface area contributed by atoms with Gasteiger partial charge in [-0.15, -0.1) is 11.3 Å². The number of nitrogen functional groups attached to an aromatic ring is 1. The molecule has 1 aromatic carbocycles. The van der Waals surface area contributed by atoms with Gasteiger partial charge < -0.3 is 25.4 Å². The molecule has 0 bridgehead atoms. The number of hydrogen-bond acceptors (Lipinski definition) is 9. The molecule has 10 heteroatoms. The molecule has 1 amide bonds.